The molecule has 0 bridgehead atoms. The molecule has 0 spiro atoms. The Morgan fingerprint density at radius 2 is 1.83 bits per heavy atom. The number of aryl methyl sites for hydroxylation is 1. The van der Waals surface area contributed by atoms with Gasteiger partial charge in [-0.25, -0.2) is 4.79 Å². The molecule has 5 nitrogen and oxygen atoms in total. The van der Waals surface area contributed by atoms with Crippen LogP contribution in [-0.4, -0.2) is 25.1 Å². The van der Waals surface area contributed by atoms with E-state index in [1.165, 1.54) is 0 Å². The molecule has 126 valence electrons. The van der Waals surface area contributed by atoms with E-state index in [0.717, 1.165) is 5.56 Å². The molecule has 0 fully saturated rings. The first kappa shape index (κ1) is 18.1. The zero-order chi connectivity index (χ0) is 17.5. The first-order valence-electron chi connectivity index (χ1n) is 7.04. The number of carbonyl (C=O) groups is 2. The van der Waals surface area contributed by atoms with Crippen LogP contribution < -0.4 is 10.1 Å². The smallest absolute Gasteiger partial charge is 0.344 e. The molecule has 1 amide bonds. The van der Waals surface area contributed by atoms with Gasteiger partial charge in [-0.05, 0) is 36.8 Å². The van der Waals surface area contributed by atoms with Crippen LogP contribution in [0.15, 0.2) is 42.5 Å². The molecule has 0 aliphatic rings. The van der Waals surface area contributed by atoms with Crippen LogP contribution in [0.4, 0.5) is 5.69 Å². The fourth-order valence-electron chi connectivity index (χ4n) is 1.80. The van der Waals surface area contributed by atoms with Gasteiger partial charge < -0.3 is 14.8 Å². The van der Waals surface area contributed by atoms with Crippen molar-refractivity contribution >= 4 is 40.8 Å². The maximum absolute atomic E-state index is 11.8. The van der Waals surface area contributed by atoms with Crippen LogP contribution in [-0.2, 0) is 14.3 Å². The fraction of sp³-hybridized carbons (Fsp3) is 0.176. The molecule has 0 saturated heterocycles. The first-order valence-corrected chi connectivity index (χ1v) is 7.80. The Kier molecular flexibility index (Phi) is 6.46. The first-order chi connectivity index (χ1) is 11.5. The maximum atomic E-state index is 11.8. The minimum Gasteiger partial charge on any atom is -0.480 e. The predicted octanol–water partition coefficient (Wildman–Crippen LogP) is 3.86. The van der Waals surface area contributed by atoms with Crippen LogP contribution >= 0.6 is 23.2 Å². The number of nitrogens with one attached hydrogen (secondary N) is 1. The molecule has 0 heterocycles. The Hall–Kier alpha value is -2.24. The highest BCUT2D eigenvalue weighted by Gasteiger charge is 2.11. The highest BCUT2D eigenvalue weighted by Crippen LogP contribution is 2.23. The lowest BCUT2D eigenvalue weighted by atomic mass is 10.2. The summed E-state index contributed by atoms with van der Waals surface area (Å²) in [6.07, 6.45) is 0. The summed E-state index contributed by atoms with van der Waals surface area (Å²) in [5.41, 5.74) is 1.41. The van der Waals surface area contributed by atoms with Gasteiger partial charge in [0, 0.05) is 10.7 Å². The summed E-state index contributed by atoms with van der Waals surface area (Å²) in [5, 5.41) is 3.52. The van der Waals surface area contributed by atoms with E-state index in [-0.39, 0.29) is 6.61 Å². The van der Waals surface area contributed by atoms with E-state index in [1.54, 1.807) is 42.5 Å². The molecule has 2 aromatic rings. The third-order valence-electron chi connectivity index (χ3n) is 3.02. The summed E-state index contributed by atoms with van der Waals surface area (Å²) in [4.78, 5) is 23.4. The third-order valence-corrected chi connectivity index (χ3v) is 3.57. The van der Waals surface area contributed by atoms with Gasteiger partial charge in [-0.1, -0.05) is 41.4 Å². The number of amides is 1. The molecule has 0 atom stereocenters. The zero-order valence-electron chi connectivity index (χ0n) is 12.8. The molecule has 0 aliphatic carbocycles. The average molecular weight is 368 g/mol. The second-order valence-corrected chi connectivity index (χ2v) is 5.73. The van der Waals surface area contributed by atoms with E-state index in [4.69, 9.17) is 32.7 Å². The molecule has 0 aromatic heterocycles. The second kappa shape index (κ2) is 8.57. The van der Waals surface area contributed by atoms with Crippen LogP contribution in [0.1, 0.15) is 5.56 Å². The highest BCUT2D eigenvalue weighted by molar-refractivity contribution is 6.32. The second-order valence-electron chi connectivity index (χ2n) is 4.89. The lowest BCUT2D eigenvalue weighted by Gasteiger charge is -2.10. The van der Waals surface area contributed by atoms with Crippen molar-refractivity contribution < 1.29 is 19.1 Å². The number of para-hydroxylation sites is 1. The summed E-state index contributed by atoms with van der Waals surface area (Å²) >= 11 is 11.8. The van der Waals surface area contributed by atoms with Gasteiger partial charge >= 0.3 is 5.97 Å². The molecule has 0 aliphatic heterocycles. The van der Waals surface area contributed by atoms with Gasteiger partial charge in [-0.15, -0.1) is 0 Å². The number of carbonyl (C=O) groups excluding carboxylic acids is 2. The predicted molar refractivity (Wildman–Crippen MR) is 92.7 cm³/mol. The van der Waals surface area contributed by atoms with Gasteiger partial charge in [0.2, 0.25) is 0 Å². The Morgan fingerprint density at radius 3 is 2.58 bits per heavy atom. The van der Waals surface area contributed by atoms with Crippen LogP contribution in [0.5, 0.6) is 5.75 Å². The number of halogens is 2. The van der Waals surface area contributed by atoms with Gasteiger partial charge in [0.15, 0.2) is 13.2 Å². The van der Waals surface area contributed by atoms with E-state index in [1.807, 2.05) is 6.92 Å². The molecule has 7 heteroatoms. The van der Waals surface area contributed by atoms with Gasteiger partial charge in [-0.3, -0.25) is 4.79 Å². The van der Waals surface area contributed by atoms with Crippen LogP contribution in [0.2, 0.25) is 10.0 Å². The SMILES string of the molecule is Cc1ccc(Cl)cc1NC(=O)COC(=O)COc1ccccc1Cl. The lowest BCUT2D eigenvalue weighted by Crippen LogP contribution is -2.24. The number of anilines is 1. The highest BCUT2D eigenvalue weighted by atomic mass is 35.5. The van der Waals surface area contributed by atoms with E-state index < -0.39 is 18.5 Å². The van der Waals surface area contributed by atoms with Crippen molar-refractivity contribution in [3.63, 3.8) is 0 Å². The number of esters is 1. The number of hydrogen-bond donors (Lipinski definition) is 1. The Balaban J connectivity index is 1.78. The van der Waals surface area contributed by atoms with Crippen molar-refractivity contribution in [2.24, 2.45) is 0 Å². The maximum Gasteiger partial charge on any atom is 0.344 e. The third kappa shape index (κ3) is 5.44. The lowest BCUT2D eigenvalue weighted by molar-refractivity contribution is -0.149. The zero-order valence-corrected chi connectivity index (χ0v) is 14.4. The molecular formula is C17H15Cl2NO4. The van der Waals surface area contributed by atoms with Gasteiger partial charge in [0.05, 0.1) is 5.02 Å². The largest absolute Gasteiger partial charge is 0.480 e. The van der Waals surface area contributed by atoms with Crippen LogP contribution in [0, 0.1) is 6.92 Å². The minimum absolute atomic E-state index is 0.340. The van der Waals surface area contributed by atoms with Gasteiger partial charge in [0.25, 0.3) is 5.91 Å². The van der Waals surface area contributed by atoms with E-state index in [9.17, 15) is 9.59 Å². The Labute approximate surface area is 149 Å². The Bertz CT molecular complexity index is 749. The van der Waals surface area contributed by atoms with Crippen molar-refractivity contribution in [2.45, 2.75) is 6.92 Å². The Morgan fingerprint density at radius 1 is 1.08 bits per heavy atom. The van der Waals surface area contributed by atoms with Gasteiger partial charge in [0.1, 0.15) is 5.75 Å². The van der Waals surface area contributed by atoms with Gasteiger partial charge in [-0.2, -0.15) is 0 Å². The molecule has 24 heavy (non-hydrogen) atoms. The molecule has 0 unspecified atom stereocenters. The summed E-state index contributed by atoms with van der Waals surface area (Å²) in [6.45, 7) is 1.07. The topological polar surface area (TPSA) is 64.6 Å². The summed E-state index contributed by atoms with van der Waals surface area (Å²) in [5.74, 6) is -0.769. The standard InChI is InChI=1S/C17H15Cl2NO4/c1-11-6-7-12(18)8-14(11)20-16(21)9-24-17(22)10-23-15-5-3-2-4-13(15)19/h2-8H,9-10H2,1H3,(H,20,21). The minimum atomic E-state index is -0.673. The van der Waals surface area contributed by atoms with Crippen molar-refractivity contribution in [2.75, 3.05) is 18.5 Å². The van der Waals surface area contributed by atoms with Crippen LogP contribution in [0.3, 0.4) is 0 Å². The van der Waals surface area contributed by atoms with E-state index in [2.05, 4.69) is 5.32 Å². The molecule has 2 aromatic carbocycles. The number of ether oxygens (including phenoxy) is 2. The number of benzene rings is 2. The number of rotatable bonds is 6. The molecule has 1 N–H and O–H groups in total. The molecule has 0 saturated carbocycles. The van der Waals surface area contributed by atoms with Crippen molar-refractivity contribution in [3.05, 3.63) is 58.1 Å². The monoisotopic (exact) mass is 367 g/mol. The fourth-order valence-corrected chi connectivity index (χ4v) is 2.16. The van der Waals surface area contributed by atoms with E-state index >= 15 is 0 Å². The van der Waals surface area contributed by atoms with Crippen molar-refractivity contribution in [3.8, 4) is 5.75 Å². The molecular weight excluding hydrogens is 353 g/mol. The summed E-state index contributed by atoms with van der Waals surface area (Å²) in [7, 11) is 0. The quantitative estimate of drug-likeness (QED) is 0.787. The van der Waals surface area contributed by atoms with Crippen molar-refractivity contribution in [1.29, 1.82) is 0 Å². The average Bonchev–Trinajstić information content (AvgIpc) is 2.55. The van der Waals surface area contributed by atoms with Crippen LogP contribution in [0.25, 0.3) is 0 Å². The summed E-state index contributed by atoms with van der Waals surface area (Å²) in [6, 6.07) is 11.9. The molecule has 0 radical (unpaired) electrons. The normalized spacial score (nSPS) is 10.1. The summed E-state index contributed by atoms with van der Waals surface area (Å²) < 4.78 is 10.1. The van der Waals surface area contributed by atoms with E-state index in [0.29, 0.717) is 21.5 Å². The van der Waals surface area contributed by atoms with Crippen molar-refractivity contribution in [1.82, 2.24) is 0 Å². The molecule has 2 rings (SSSR count). The number of hydrogen-bond acceptors (Lipinski definition) is 4.